The molecule has 0 saturated heterocycles. The maximum Gasteiger partial charge on any atom is 0.169 e. The van der Waals surface area contributed by atoms with Gasteiger partial charge in [0, 0.05) is 0 Å². The van der Waals surface area contributed by atoms with Gasteiger partial charge in [-0.3, -0.25) is 4.79 Å². The van der Waals surface area contributed by atoms with E-state index in [2.05, 4.69) is 43.3 Å². The molecule has 0 bridgehead atoms. The second-order valence-corrected chi connectivity index (χ2v) is 7.17. The Morgan fingerprint density at radius 1 is 1.17 bits per heavy atom. The molecular formula is C21H28ClNO. The third-order valence-electron chi connectivity index (χ3n) is 5.33. The maximum absolute atomic E-state index is 13.3. The van der Waals surface area contributed by atoms with Gasteiger partial charge in [-0.1, -0.05) is 42.0 Å². The van der Waals surface area contributed by atoms with E-state index in [9.17, 15) is 4.79 Å². The summed E-state index contributed by atoms with van der Waals surface area (Å²) in [4.78, 5) is 15.5. The summed E-state index contributed by atoms with van der Waals surface area (Å²) in [6.07, 6.45) is 10.8. The van der Waals surface area contributed by atoms with Crippen molar-refractivity contribution >= 4 is 24.3 Å². The fourth-order valence-electron chi connectivity index (χ4n) is 4.00. The van der Waals surface area contributed by atoms with Crippen LogP contribution in [-0.2, 0) is 4.79 Å². The lowest BCUT2D eigenvalue weighted by Gasteiger charge is -2.30. The lowest BCUT2D eigenvalue weighted by Crippen LogP contribution is -2.32. The summed E-state index contributed by atoms with van der Waals surface area (Å²) in [6.45, 7) is 0.974. The summed E-state index contributed by atoms with van der Waals surface area (Å²) in [5.74, 6) is 0.386. The molecule has 130 valence electrons. The highest BCUT2D eigenvalue weighted by Crippen LogP contribution is 2.50. The van der Waals surface area contributed by atoms with E-state index < -0.39 is 0 Å². The van der Waals surface area contributed by atoms with Gasteiger partial charge < -0.3 is 4.90 Å². The molecule has 0 heterocycles. The van der Waals surface area contributed by atoms with Gasteiger partial charge in [-0.15, -0.1) is 12.4 Å². The van der Waals surface area contributed by atoms with Gasteiger partial charge in [-0.05, 0) is 76.4 Å². The zero-order valence-corrected chi connectivity index (χ0v) is 15.6. The number of nitrogens with zero attached hydrogens (tertiary/aromatic N) is 1. The van der Waals surface area contributed by atoms with Gasteiger partial charge >= 0.3 is 0 Å². The molecule has 0 aliphatic heterocycles. The Hall–Kier alpha value is -1.38. The number of allylic oxidation sites excluding steroid dienone is 3. The van der Waals surface area contributed by atoms with E-state index in [0.29, 0.717) is 5.78 Å². The standard InChI is InChI=1S/C21H27NO.ClH/c1-22(2)15-14-21(19-10-6-7-11-19)13-12-18(20(21)23)16-17-8-4-3-5-9-17;/h3-5,8-10,16H,6-7,11-15H2,1-2H3;1H. The first-order valence-corrected chi connectivity index (χ1v) is 8.76. The lowest BCUT2D eigenvalue weighted by atomic mass is 9.74. The molecule has 2 nitrogen and oxygen atoms in total. The molecule has 0 radical (unpaired) electrons. The summed E-state index contributed by atoms with van der Waals surface area (Å²) < 4.78 is 0. The van der Waals surface area contributed by atoms with Crippen LogP contribution in [-0.4, -0.2) is 31.3 Å². The van der Waals surface area contributed by atoms with Crippen molar-refractivity contribution in [3.8, 4) is 0 Å². The maximum atomic E-state index is 13.3. The number of halogens is 1. The van der Waals surface area contributed by atoms with E-state index in [-0.39, 0.29) is 17.8 Å². The predicted molar refractivity (Wildman–Crippen MR) is 103 cm³/mol. The predicted octanol–water partition coefficient (Wildman–Crippen LogP) is 4.90. The Morgan fingerprint density at radius 3 is 2.54 bits per heavy atom. The molecule has 1 fully saturated rings. The van der Waals surface area contributed by atoms with Crippen molar-refractivity contribution in [2.75, 3.05) is 20.6 Å². The third kappa shape index (κ3) is 3.81. The molecule has 2 aliphatic carbocycles. The van der Waals surface area contributed by atoms with Gasteiger partial charge in [0.05, 0.1) is 5.41 Å². The molecule has 0 spiro atoms. The molecule has 2 aliphatic rings. The van der Waals surface area contributed by atoms with Crippen LogP contribution in [0.4, 0.5) is 0 Å². The number of Topliss-reactive ketones (excluding diaryl/α,β-unsaturated/α-hetero) is 1. The summed E-state index contributed by atoms with van der Waals surface area (Å²) in [5, 5.41) is 0. The van der Waals surface area contributed by atoms with E-state index in [0.717, 1.165) is 49.8 Å². The average molecular weight is 346 g/mol. The third-order valence-corrected chi connectivity index (χ3v) is 5.33. The highest BCUT2D eigenvalue weighted by atomic mass is 35.5. The molecule has 1 saturated carbocycles. The normalized spacial score (nSPS) is 25.2. The largest absolute Gasteiger partial charge is 0.309 e. The Bertz CT molecular complexity index is 632. The quantitative estimate of drug-likeness (QED) is 0.558. The highest BCUT2D eigenvalue weighted by Gasteiger charge is 2.47. The van der Waals surface area contributed by atoms with Crippen molar-refractivity contribution in [2.24, 2.45) is 5.41 Å². The Balaban J connectivity index is 0.00000208. The zero-order valence-electron chi connectivity index (χ0n) is 14.8. The van der Waals surface area contributed by atoms with Crippen molar-refractivity contribution in [2.45, 2.75) is 38.5 Å². The van der Waals surface area contributed by atoms with Crippen molar-refractivity contribution in [1.82, 2.24) is 4.90 Å². The first-order chi connectivity index (χ1) is 11.1. The van der Waals surface area contributed by atoms with Crippen LogP contribution in [0, 0.1) is 5.41 Å². The van der Waals surface area contributed by atoms with Gasteiger partial charge in [0.15, 0.2) is 5.78 Å². The smallest absolute Gasteiger partial charge is 0.169 e. The molecule has 1 atom stereocenters. The Morgan fingerprint density at radius 2 is 1.92 bits per heavy atom. The van der Waals surface area contributed by atoms with E-state index in [1.807, 2.05) is 18.2 Å². The minimum Gasteiger partial charge on any atom is -0.309 e. The zero-order chi connectivity index (χ0) is 16.3. The summed E-state index contributed by atoms with van der Waals surface area (Å²) in [5.41, 5.74) is 3.35. The monoisotopic (exact) mass is 345 g/mol. The number of carbonyl (C=O) groups is 1. The van der Waals surface area contributed by atoms with Crippen LogP contribution < -0.4 is 0 Å². The average Bonchev–Trinajstić information content (AvgIpc) is 3.18. The minimum atomic E-state index is -0.221. The first kappa shape index (κ1) is 19.0. The second-order valence-electron chi connectivity index (χ2n) is 7.17. The number of hydrogen-bond donors (Lipinski definition) is 0. The minimum absolute atomic E-state index is 0. The Labute approximate surface area is 152 Å². The number of ketones is 1. The number of benzene rings is 1. The van der Waals surface area contributed by atoms with Crippen LogP contribution in [0.5, 0.6) is 0 Å². The molecule has 0 amide bonds. The molecule has 1 aromatic carbocycles. The van der Waals surface area contributed by atoms with E-state index >= 15 is 0 Å². The van der Waals surface area contributed by atoms with Crippen LogP contribution in [0.2, 0.25) is 0 Å². The number of hydrogen-bond acceptors (Lipinski definition) is 2. The molecule has 0 aromatic heterocycles. The van der Waals surface area contributed by atoms with Crippen molar-refractivity contribution in [3.63, 3.8) is 0 Å². The van der Waals surface area contributed by atoms with E-state index in [1.165, 1.54) is 12.0 Å². The molecule has 3 heteroatoms. The SMILES string of the molecule is CN(C)CCC1(C2=CCCC2)CCC(=Cc2ccccc2)C1=O.Cl. The molecule has 0 N–H and O–H groups in total. The van der Waals surface area contributed by atoms with Crippen molar-refractivity contribution in [3.05, 3.63) is 53.1 Å². The van der Waals surface area contributed by atoms with E-state index in [1.54, 1.807) is 0 Å². The second kappa shape index (κ2) is 8.13. The highest BCUT2D eigenvalue weighted by molar-refractivity contribution is 6.07. The van der Waals surface area contributed by atoms with Crippen LogP contribution in [0.15, 0.2) is 47.6 Å². The fraction of sp³-hybridized carbons (Fsp3) is 0.476. The fourth-order valence-corrected chi connectivity index (χ4v) is 4.00. The molecule has 1 aromatic rings. The van der Waals surface area contributed by atoms with Gasteiger partial charge in [0.25, 0.3) is 0 Å². The molecular weight excluding hydrogens is 318 g/mol. The van der Waals surface area contributed by atoms with Gasteiger partial charge in [-0.2, -0.15) is 0 Å². The van der Waals surface area contributed by atoms with Crippen LogP contribution in [0.25, 0.3) is 6.08 Å². The molecule has 24 heavy (non-hydrogen) atoms. The number of carbonyl (C=O) groups excluding carboxylic acids is 1. The molecule has 1 unspecified atom stereocenters. The topological polar surface area (TPSA) is 20.3 Å². The number of rotatable bonds is 5. The summed E-state index contributed by atoms with van der Waals surface area (Å²) in [7, 11) is 4.19. The van der Waals surface area contributed by atoms with Crippen molar-refractivity contribution in [1.29, 1.82) is 0 Å². The van der Waals surface area contributed by atoms with Gasteiger partial charge in [0.2, 0.25) is 0 Å². The van der Waals surface area contributed by atoms with Gasteiger partial charge in [-0.25, -0.2) is 0 Å². The Kier molecular flexibility index (Phi) is 6.42. The lowest BCUT2D eigenvalue weighted by molar-refractivity contribution is -0.121. The van der Waals surface area contributed by atoms with Crippen LogP contribution in [0.1, 0.15) is 44.1 Å². The van der Waals surface area contributed by atoms with E-state index in [4.69, 9.17) is 0 Å². The van der Waals surface area contributed by atoms with Gasteiger partial charge in [0.1, 0.15) is 0 Å². The molecule has 3 rings (SSSR count). The van der Waals surface area contributed by atoms with Crippen molar-refractivity contribution < 1.29 is 4.79 Å². The summed E-state index contributed by atoms with van der Waals surface area (Å²) in [6, 6.07) is 10.2. The summed E-state index contributed by atoms with van der Waals surface area (Å²) >= 11 is 0. The van der Waals surface area contributed by atoms with Crippen LogP contribution >= 0.6 is 12.4 Å². The van der Waals surface area contributed by atoms with Crippen LogP contribution in [0.3, 0.4) is 0 Å². The first-order valence-electron chi connectivity index (χ1n) is 8.76.